The van der Waals surface area contributed by atoms with Gasteiger partial charge >= 0.3 is 6.09 Å². The molecule has 3 amide bonds. The first kappa shape index (κ1) is 44.2. The van der Waals surface area contributed by atoms with Gasteiger partial charge in [0.15, 0.2) is 11.7 Å². The first-order valence-corrected chi connectivity index (χ1v) is 22.2. The summed E-state index contributed by atoms with van der Waals surface area (Å²) < 4.78 is 7.28. The van der Waals surface area contributed by atoms with E-state index >= 15 is 0 Å². The number of carbonyl (C=O) groups excluding carboxylic acids is 4. The van der Waals surface area contributed by atoms with E-state index in [-0.39, 0.29) is 23.6 Å². The Bertz CT molecular complexity index is 2360. The number of nitrogens with one attached hydrogen (secondary N) is 3. The number of nitrogens with zero attached hydrogens (tertiary/aromatic N) is 6. The van der Waals surface area contributed by atoms with Crippen molar-refractivity contribution in [3.8, 4) is 6.07 Å². The van der Waals surface area contributed by atoms with E-state index in [0.29, 0.717) is 75.6 Å². The Hall–Kier alpha value is -5.88. The molecule has 0 bridgehead atoms. The molecule has 0 saturated carbocycles. The lowest BCUT2D eigenvalue weighted by atomic mass is 9.70. The molecule has 0 spiro atoms. The quantitative estimate of drug-likeness (QED) is 0.131. The molecule has 2 atom stereocenters. The molecule has 1 aliphatic carbocycles. The van der Waals surface area contributed by atoms with Gasteiger partial charge in [-0.1, -0.05) is 26.8 Å². The van der Waals surface area contributed by atoms with E-state index in [9.17, 15) is 24.4 Å². The number of likely N-dealkylation sites (tertiary alicyclic amines) is 1. The topological polar surface area (TPSA) is 195 Å². The number of alkyl carbamates (subject to hydrolysis) is 1. The van der Waals surface area contributed by atoms with Crippen LogP contribution in [-0.4, -0.2) is 112 Å². The molecule has 0 radical (unpaired) electrons. The number of hydrogen-bond acceptors (Lipinski definition) is 10. The van der Waals surface area contributed by atoms with Crippen molar-refractivity contribution in [1.82, 2.24) is 35.0 Å². The number of rotatable bonds is 13. The summed E-state index contributed by atoms with van der Waals surface area (Å²) in [6.45, 7) is 17.3. The normalized spacial score (nSPS) is 18.1. The average Bonchev–Trinajstić information content (AvgIpc) is 3.84. The number of H-pyrrole nitrogens is 1. The number of nitriles is 1. The number of ketones is 1. The predicted octanol–water partition coefficient (Wildman–Crippen LogP) is 5.63. The minimum Gasteiger partial charge on any atom is -0.444 e. The van der Waals surface area contributed by atoms with Crippen molar-refractivity contribution >= 4 is 46.2 Å². The summed E-state index contributed by atoms with van der Waals surface area (Å²) in [4.78, 5) is 68.1. The van der Waals surface area contributed by atoms with Crippen molar-refractivity contribution in [1.29, 1.82) is 5.26 Å². The number of amides is 3. The van der Waals surface area contributed by atoms with Crippen LogP contribution in [0.1, 0.15) is 118 Å². The summed E-state index contributed by atoms with van der Waals surface area (Å²) in [6, 6.07) is 11.1. The maximum Gasteiger partial charge on any atom is 0.408 e. The van der Waals surface area contributed by atoms with Crippen molar-refractivity contribution in [3.63, 3.8) is 0 Å². The lowest BCUT2D eigenvalue weighted by molar-refractivity contribution is -0.131. The van der Waals surface area contributed by atoms with Crippen LogP contribution in [0.15, 0.2) is 42.7 Å². The molecule has 15 heteroatoms. The third-order valence-corrected chi connectivity index (χ3v) is 12.6. The van der Waals surface area contributed by atoms with Gasteiger partial charge in [0.05, 0.1) is 17.2 Å². The van der Waals surface area contributed by atoms with Crippen LogP contribution in [0.3, 0.4) is 0 Å². The van der Waals surface area contributed by atoms with Crippen LogP contribution >= 0.6 is 0 Å². The second-order valence-corrected chi connectivity index (χ2v) is 18.5. The summed E-state index contributed by atoms with van der Waals surface area (Å²) >= 11 is 0. The summed E-state index contributed by atoms with van der Waals surface area (Å²) in [5.74, 6) is 0.319. The van der Waals surface area contributed by atoms with E-state index in [4.69, 9.17) is 10.5 Å². The number of anilines is 2. The van der Waals surface area contributed by atoms with Crippen LogP contribution in [0, 0.1) is 11.3 Å². The molecule has 2 fully saturated rings. The molecule has 2 aromatic carbocycles. The largest absolute Gasteiger partial charge is 0.444 e. The smallest absolute Gasteiger partial charge is 0.408 e. The molecule has 3 aliphatic rings. The van der Waals surface area contributed by atoms with Gasteiger partial charge in [0.1, 0.15) is 11.6 Å². The Kier molecular flexibility index (Phi) is 13.0. The molecule has 2 aliphatic heterocycles. The maximum absolute atomic E-state index is 14.1. The molecule has 62 heavy (non-hydrogen) atoms. The number of nitrogen functional groups attached to an aromatic ring is 1. The van der Waals surface area contributed by atoms with E-state index in [0.717, 1.165) is 77.7 Å². The molecule has 0 unspecified atom stereocenters. The number of fused-ring (bicyclic) bond motifs is 4. The van der Waals surface area contributed by atoms with Gasteiger partial charge in [0, 0.05) is 97.4 Å². The minimum absolute atomic E-state index is 0.00730. The van der Waals surface area contributed by atoms with Gasteiger partial charge in [-0.25, -0.2) is 9.78 Å². The predicted molar refractivity (Wildman–Crippen MR) is 239 cm³/mol. The van der Waals surface area contributed by atoms with Crippen molar-refractivity contribution in [3.05, 3.63) is 76.2 Å². The number of benzene rings is 2. The van der Waals surface area contributed by atoms with Gasteiger partial charge in [0.2, 0.25) is 11.8 Å². The van der Waals surface area contributed by atoms with Crippen LogP contribution in [0.5, 0.6) is 0 Å². The third-order valence-electron chi connectivity index (χ3n) is 12.6. The third kappa shape index (κ3) is 9.60. The Balaban J connectivity index is 0.907. The molecule has 5 N–H and O–H groups in total. The molecule has 2 aromatic heterocycles. The Morgan fingerprint density at radius 1 is 1.08 bits per heavy atom. The van der Waals surface area contributed by atoms with Crippen LogP contribution in [0.2, 0.25) is 0 Å². The highest BCUT2D eigenvalue weighted by atomic mass is 16.6. The van der Waals surface area contributed by atoms with Gasteiger partial charge < -0.3 is 45.4 Å². The van der Waals surface area contributed by atoms with Gasteiger partial charge in [-0.05, 0) is 108 Å². The highest BCUT2D eigenvalue weighted by Gasteiger charge is 2.41. The molecule has 4 aromatic rings. The number of hydrogen-bond donors (Lipinski definition) is 4. The number of piperidine rings is 1. The SMILES string of the molecule is CCc1cc2c(cc1N1CCN(C(=O)CCCN3CCC[C@@H](NC(=O)[C@H](CCCn4ccnc4N)NC(=O)OC(C)(C)C)C3)CC1)C(C)(C)c1[nH]c3cc(C#N)ccc3c1C2=O. The van der Waals surface area contributed by atoms with E-state index in [1.165, 1.54) is 0 Å². The monoisotopic (exact) mass is 846 g/mol. The van der Waals surface area contributed by atoms with E-state index in [1.54, 1.807) is 39.2 Å². The molecule has 2 saturated heterocycles. The molecule has 7 rings (SSSR count). The first-order valence-electron chi connectivity index (χ1n) is 22.2. The second kappa shape index (κ2) is 18.2. The summed E-state index contributed by atoms with van der Waals surface area (Å²) in [6.07, 6.45) is 7.49. The van der Waals surface area contributed by atoms with Crippen LogP contribution in [0.25, 0.3) is 10.9 Å². The fourth-order valence-electron chi connectivity index (χ4n) is 9.36. The van der Waals surface area contributed by atoms with Crippen molar-refractivity contribution < 1.29 is 23.9 Å². The van der Waals surface area contributed by atoms with Crippen LogP contribution in [-0.2, 0) is 32.7 Å². The first-order chi connectivity index (χ1) is 29.6. The van der Waals surface area contributed by atoms with Crippen molar-refractivity contribution in [2.45, 2.75) is 116 Å². The number of carbonyl (C=O) groups is 4. The molecular formula is C47H62N10O5. The van der Waals surface area contributed by atoms with Gasteiger partial charge in [-0.3, -0.25) is 14.4 Å². The zero-order valence-electron chi connectivity index (χ0n) is 37.1. The number of aromatic nitrogens is 3. The summed E-state index contributed by atoms with van der Waals surface area (Å²) in [5, 5.41) is 16.3. The second-order valence-electron chi connectivity index (χ2n) is 18.5. The Morgan fingerprint density at radius 2 is 1.85 bits per heavy atom. The highest BCUT2D eigenvalue weighted by Crippen LogP contribution is 2.46. The molecule has 330 valence electrons. The zero-order valence-corrected chi connectivity index (χ0v) is 37.1. The fraction of sp³-hybridized carbons (Fsp3) is 0.532. The van der Waals surface area contributed by atoms with Crippen LogP contribution < -0.4 is 21.3 Å². The number of piperazine rings is 1. The lowest BCUT2D eigenvalue weighted by Gasteiger charge is -2.39. The number of aryl methyl sites for hydroxylation is 2. The Labute approximate surface area is 364 Å². The van der Waals surface area contributed by atoms with E-state index < -0.39 is 23.2 Å². The van der Waals surface area contributed by atoms with Gasteiger partial charge in [0.25, 0.3) is 0 Å². The lowest BCUT2D eigenvalue weighted by Crippen LogP contribution is -2.54. The minimum atomic E-state index is -0.770. The highest BCUT2D eigenvalue weighted by molar-refractivity contribution is 6.20. The number of imidazole rings is 1. The fourth-order valence-corrected chi connectivity index (χ4v) is 9.36. The maximum atomic E-state index is 14.1. The molecular weight excluding hydrogens is 785 g/mol. The molecule has 4 heterocycles. The van der Waals surface area contributed by atoms with Gasteiger partial charge in [-0.15, -0.1) is 0 Å². The van der Waals surface area contributed by atoms with Crippen molar-refractivity contribution in [2.24, 2.45) is 0 Å². The van der Waals surface area contributed by atoms with E-state index in [1.807, 2.05) is 21.6 Å². The summed E-state index contributed by atoms with van der Waals surface area (Å²) in [7, 11) is 0. The summed E-state index contributed by atoms with van der Waals surface area (Å²) in [5.41, 5.74) is 11.6. The van der Waals surface area contributed by atoms with Crippen LogP contribution in [0.4, 0.5) is 16.4 Å². The number of ether oxygens (including phenoxy) is 1. The standard InChI is InChI=1S/C47H62N10O5/c1-7-31-26-34-35(47(5,6)42-40(41(34)59)33-15-14-30(28-48)25-37(33)52-42)27-38(31)55-21-23-56(24-22-55)39(58)13-10-18-54-17-8-11-32(29-54)51-43(60)36(53-45(61)62-46(2,3)4)12-9-19-57-20-16-50-44(57)49/h14-16,20,25-27,32,36,52H,7-13,17-19,21-24,29H2,1-6H3,(H2,49,50)(H,51,60)(H,53,61)/t32-,36+/m1/s1. The average molecular weight is 847 g/mol. The van der Waals surface area contributed by atoms with Crippen molar-refractivity contribution in [2.75, 3.05) is 56.4 Å². The number of aromatic amines is 1. The number of nitrogens with two attached hydrogens (primary N) is 1. The van der Waals surface area contributed by atoms with E-state index in [2.05, 4.69) is 69.4 Å². The Morgan fingerprint density at radius 3 is 2.55 bits per heavy atom. The molecule has 15 nitrogen and oxygen atoms in total. The van der Waals surface area contributed by atoms with Gasteiger partial charge in [-0.2, -0.15) is 5.26 Å². The zero-order chi connectivity index (χ0) is 44.3.